The first-order chi connectivity index (χ1) is 11.1. The molecule has 0 bridgehead atoms. The standard InChI is InChI=1S/C17H14ClN5/c1-10-6-14-15(9-20-10)22-17(18)23-16(14)21-8-13-5-3-4-12(7-19)11(13)2/h3-6,9H,8H2,1-2H3,(H,21,22,23). The predicted molar refractivity (Wildman–Crippen MR) is 90.3 cm³/mol. The monoisotopic (exact) mass is 323 g/mol. The highest BCUT2D eigenvalue weighted by atomic mass is 35.5. The third kappa shape index (κ3) is 3.08. The maximum Gasteiger partial charge on any atom is 0.224 e. The molecule has 0 fully saturated rings. The van der Waals surface area contributed by atoms with Crippen molar-refractivity contribution in [2.24, 2.45) is 0 Å². The SMILES string of the molecule is Cc1cc2c(NCc3cccc(C#N)c3C)nc(Cl)nc2cn1. The fraction of sp³-hybridized carbons (Fsp3) is 0.176. The summed E-state index contributed by atoms with van der Waals surface area (Å²) in [5, 5.41) is 13.5. The van der Waals surface area contributed by atoms with E-state index in [-0.39, 0.29) is 5.28 Å². The Bertz CT molecular complexity index is 930. The summed E-state index contributed by atoms with van der Waals surface area (Å²) in [6, 6.07) is 9.79. The average molecular weight is 324 g/mol. The van der Waals surface area contributed by atoms with E-state index in [0.29, 0.717) is 23.4 Å². The van der Waals surface area contributed by atoms with Crippen molar-refractivity contribution in [3.63, 3.8) is 0 Å². The van der Waals surface area contributed by atoms with E-state index >= 15 is 0 Å². The molecule has 6 heteroatoms. The first-order valence-electron chi connectivity index (χ1n) is 7.11. The summed E-state index contributed by atoms with van der Waals surface area (Å²) >= 11 is 5.99. The Morgan fingerprint density at radius 1 is 1.26 bits per heavy atom. The number of halogens is 1. The molecule has 0 radical (unpaired) electrons. The van der Waals surface area contributed by atoms with Crippen molar-refractivity contribution in [2.75, 3.05) is 5.32 Å². The van der Waals surface area contributed by atoms with Gasteiger partial charge in [-0.15, -0.1) is 0 Å². The Morgan fingerprint density at radius 3 is 2.87 bits per heavy atom. The molecule has 5 nitrogen and oxygen atoms in total. The lowest BCUT2D eigenvalue weighted by atomic mass is 10.0. The van der Waals surface area contributed by atoms with E-state index in [0.717, 1.165) is 22.2 Å². The molecule has 23 heavy (non-hydrogen) atoms. The molecule has 1 N–H and O–H groups in total. The van der Waals surface area contributed by atoms with Crippen molar-refractivity contribution >= 4 is 28.3 Å². The van der Waals surface area contributed by atoms with Gasteiger partial charge in [-0.3, -0.25) is 4.98 Å². The van der Waals surface area contributed by atoms with Crippen molar-refractivity contribution < 1.29 is 0 Å². The second-order valence-electron chi connectivity index (χ2n) is 5.24. The molecule has 114 valence electrons. The van der Waals surface area contributed by atoms with Gasteiger partial charge < -0.3 is 5.32 Å². The summed E-state index contributed by atoms with van der Waals surface area (Å²) in [6.07, 6.45) is 1.69. The van der Waals surface area contributed by atoms with Gasteiger partial charge >= 0.3 is 0 Å². The zero-order valence-electron chi connectivity index (χ0n) is 12.8. The summed E-state index contributed by atoms with van der Waals surface area (Å²) in [4.78, 5) is 12.7. The number of nitrogens with one attached hydrogen (secondary N) is 1. The van der Waals surface area contributed by atoms with E-state index in [1.807, 2.05) is 38.1 Å². The van der Waals surface area contributed by atoms with Crippen molar-refractivity contribution in [1.29, 1.82) is 5.26 Å². The van der Waals surface area contributed by atoms with Crippen LogP contribution in [0.25, 0.3) is 10.9 Å². The number of pyridine rings is 1. The number of nitrogens with zero attached hydrogens (tertiary/aromatic N) is 4. The van der Waals surface area contributed by atoms with Crippen LogP contribution >= 0.6 is 11.6 Å². The van der Waals surface area contributed by atoms with E-state index in [2.05, 4.69) is 26.3 Å². The molecule has 0 aliphatic rings. The van der Waals surface area contributed by atoms with Gasteiger partial charge in [0.25, 0.3) is 0 Å². The lowest BCUT2D eigenvalue weighted by molar-refractivity contribution is 1.08. The zero-order chi connectivity index (χ0) is 16.4. The highest BCUT2D eigenvalue weighted by Crippen LogP contribution is 2.23. The predicted octanol–water partition coefficient (Wildman–Crippen LogP) is 3.78. The smallest absolute Gasteiger partial charge is 0.224 e. The summed E-state index contributed by atoms with van der Waals surface area (Å²) in [5.74, 6) is 0.660. The van der Waals surface area contributed by atoms with Crippen LogP contribution in [0.15, 0.2) is 30.5 Å². The Balaban J connectivity index is 1.96. The Kier molecular flexibility index (Phi) is 4.09. The van der Waals surface area contributed by atoms with Gasteiger partial charge in [0.05, 0.1) is 23.3 Å². The molecule has 2 aromatic heterocycles. The Morgan fingerprint density at radius 2 is 2.09 bits per heavy atom. The molecular weight excluding hydrogens is 310 g/mol. The zero-order valence-corrected chi connectivity index (χ0v) is 13.5. The number of aryl methyl sites for hydroxylation is 1. The minimum Gasteiger partial charge on any atom is -0.365 e. The third-order valence-electron chi connectivity index (χ3n) is 3.70. The summed E-state index contributed by atoms with van der Waals surface area (Å²) < 4.78 is 0. The van der Waals surface area contributed by atoms with Crippen LogP contribution in [0.3, 0.4) is 0 Å². The Hall–Kier alpha value is -2.71. The number of hydrogen-bond donors (Lipinski definition) is 1. The van der Waals surface area contributed by atoms with Crippen LogP contribution in [0.1, 0.15) is 22.4 Å². The fourth-order valence-corrected chi connectivity index (χ4v) is 2.59. The fourth-order valence-electron chi connectivity index (χ4n) is 2.42. The number of hydrogen-bond acceptors (Lipinski definition) is 5. The Labute approximate surface area is 139 Å². The number of anilines is 1. The van der Waals surface area contributed by atoms with Gasteiger partial charge in [0.2, 0.25) is 5.28 Å². The van der Waals surface area contributed by atoms with Crippen molar-refractivity contribution in [3.05, 3.63) is 58.1 Å². The topological polar surface area (TPSA) is 74.5 Å². The highest BCUT2D eigenvalue weighted by molar-refractivity contribution is 6.28. The first-order valence-corrected chi connectivity index (χ1v) is 7.48. The number of nitriles is 1. The van der Waals surface area contributed by atoms with Crippen molar-refractivity contribution in [1.82, 2.24) is 15.0 Å². The number of fused-ring (bicyclic) bond motifs is 1. The molecule has 0 amide bonds. The largest absolute Gasteiger partial charge is 0.365 e. The van der Waals surface area contributed by atoms with E-state index in [9.17, 15) is 0 Å². The van der Waals surface area contributed by atoms with E-state index in [1.165, 1.54) is 0 Å². The van der Waals surface area contributed by atoms with Crippen LogP contribution in [0.5, 0.6) is 0 Å². The third-order valence-corrected chi connectivity index (χ3v) is 3.87. The number of aromatic nitrogens is 3. The van der Waals surface area contributed by atoms with Crippen LogP contribution in [0, 0.1) is 25.2 Å². The van der Waals surface area contributed by atoms with Gasteiger partial charge in [-0.05, 0) is 48.7 Å². The lowest BCUT2D eigenvalue weighted by Crippen LogP contribution is -2.05. The molecule has 0 saturated carbocycles. The van der Waals surface area contributed by atoms with Crippen LogP contribution in [-0.4, -0.2) is 15.0 Å². The molecule has 3 aromatic rings. The molecule has 0 unspecified atom stereocenters. The normalized spacial score (nSPS) is 10.5. The van der Waals surface area contributed by atoms with Gasteiger partial charge in [0.1, 0.15) is 5.82 Å². The minimum absolute atomic E-state index is 0.174. The molecule has 0 spiro atoms. The molecule has 2 heterocycles. The van der Waals surface area contributed by atoms with Crippen LogP contribution in [0.4, 0.5) is 5.82 Å². The van der Waals surface area contributed by atoms with Crippen molar-refractivity contribution in [3.8, 4) is 6.07 Å². The number of benzene rings is 1. The van der Waals surface area contributed by atoms with E-state index < -0.39 is 0 Å². The quantitative estimate of drug-likeness (QED) is 0.742. The molecule has 3 rings (SSSR count). The molecule has 0 aliphatic carbocycles. The summed E-state index contributed by atoms with van der Waals surface area (Å²) in [6.45, 7) is 4.40. The molecule has 0 saturated heterocycles. The molecule has 1 aromatic carbocycles. The highest BCUT2D eigenvalue weighted by Gasteiger charge is 2.09. The van der Waals surface area contributed by atoms with Gasteiger partial charge in [-0.2, -0.15) is 5.26 Å². The molecule has 0 atom stereocenters. The van der Waals surface area contributed by atoms with Crippen LogP contribution < -0.4 is 5.32 Å². The second kappa shape index (κ2) is 6.19. The second-order valence-corrected chi connectivity index (χ2v) is 5.58. The van der Waals surface area contributed by atoms with Gasteiger partial charge in [0.15, 0.2) is 0 Å². The summed E-state index contributed by atoms with van der Waals surface area (Å²) in [7, 11) is 0. The van der Waals surface area contributed by atoms with Gasteiger partial charge in [-0.1, -0.05) is 12.1 Å². The maximum atomic E-state index is 9.12. The summed E-state index contributed by atoms with van der Waals surface area (Å²) in [5.41, 5.74) is 4.26. The molecule has 0 aliphatic heterocycles. The lowest BCUT2D eigenvalue weighted by Gasteiger charge is -2.11. The first kappa shape index (κ1) is 15.2. The maximum absolute atomic E-state index is 9.12. The van der Waals surface area contributed by atoms with Crippen molar-refractivity contribution in [2.45, 2.75) is 20.4 Å². The van der Waals surface area contributed by atoms with Crippen LogP contribution in [-0.2, 0) is 6.54 Å². The van der Waals surface area contributed by atoms with E-state index in [4.69, 9.17) is 16.9 Å². The van der Waals surface area contributed by atoms with Gasteiger partial charge in [0, 0.05) is 17.6 Å². The number of rotatable bonds is 3. The van der Waals surface area contributed by atoms with Gasteiger partial charge in [-0.25, -0.2) is 9.97 Å². The molecular formula is C17H14ClN5. The average Bonchev–Trinajstić information content (AvgIpc) is 2.54. The minimum atomic E-state index is 0.174. The van der Waals surface area contributed by atoms with E-state index in [1.54, 1.807) is 6.20 Å². The van der Waals surface area contributed by atoms with Crippen LogP contribution in [0.2, 0.25) is 5.28 Å².